The van der Waals surface area contributed by atoms with Gasteiger partial charge >= 0.3 is 0 Å². The molecule has 2 aliphatic heterocycles. The van der Waals surface area contributed by atoms with Crippen LogP contribution in [-0.2, 0) is 9.53 Å². The molecule has 0 radical (unpaired) electrons. The van der Waals surface area contributed by atoms with Crippen LogP contribution >= 0.6 is 0 Å². The Morgan fingerprint density at radius 2 is 2.09 bits per heavy atom. The van der Waals surface area contributed by atoms with E-state index in [1.807, 2.05) is 6.92 Å². The summed E-state index contributed by atoms with van der Waals surface area (Å²) in [5, 5.41) is 0. The zero-order valence-electron chi connectivity index (χ0n) is 12.8. The molecule has 1 aromatic rings. The molecule has 1 aromatic heterocycles. The first-order chi connectivity index (χ1) is 10.7. The molecule has 0 aliphatic carbocycles. The molecule has 1 unspecified atom stereocenters. The summed E-state index contributed by atoms with van der Waals surface area (Å²) in [4.78, 5) is 20.9. The average Bonchev–Trinajstić information content (AvgIpc) is 2.54. The van der Waals surface area contributed by atoms with Crippen molar-refractivity contribution in [3.8, 4) is 5.75 Å². The number of pyridine rings is 1. The van der Waals surface area contributed by atoms with Crippen LogP contribution in [0.5, 0.6) is 5.75 Å². The van der Waals surface area contributed by atoms with E-state index in [2.05, 4.69) is 9.88 Å². The van der Waals surface area contributed by atoms with Crippen LogP contribution in [0.4, 0.5) is 11.6 Å². The summed E-state index contributed by atoms with van der Waals surface area (Å²) in [6, 6.07) is 3.48. The summed E-state index contributed by atoms with van der Waals surface area (Å²) in [7, 11) is 0. The lowest BCUT2D eigenvalue weighted by atomic mass is 10.2. The molecule has 0 aromatic carbocycles. The van der Waals surface area contributed by atoms with Gasteiger partial charge in [0, 0.05) is 26.2 Å². The highest BCUT2D eigenvalue weighted by Crippen LogP contribution is 2.33. The number of nitrogens with zero attached hydrogens (tertiary/aromatic N) is 3. The summed E-state index contributed by atoms with van der Waals surface area (Å²) >= 11 is 0. The van der Waals surface area contributed by atoms with Crippen LogP contribution in [0, 0.1) is 0 Å². The highest BCUT2D eigenvalue weighted by molar-refractivity contribution is 5.99. The molecule has 7 nitrogen and oxygen atoms in total. The van der Waals surface area contributed by atoms with Gasteiger partial charge in [0.05, 0.1) is 13.2 Å². The Balaban J connectivity index is 1.77. The Morgan fingerprint density at radius 3 is 2.82 bits per heavy atom. The molecule has 1 fully saturated rings. The third-order valence-corrected chi connectivity index (χ3v) is 4.04. The molecule has 0 spiro atoms. The first kappa shape index (κ1) is 15.1. The lowest BCUT2D eigenvalue weighted by Gasteiger charge is -2.35. The normalized spacial score (nSPS) is 22.3. The summed E-state index contributed by atoms with van der Waals surface area (Å²) in [5.74, 6) is 1.51. The predicted molar refractivity (Wildman–Crippen MR) is 83.0 cm³/mol. The number of hydrogen-bond donors (Lipinski definition) is 1. The van der Waals surface area contributed by atoms with Gasteiger partial charge in [0.25, 0.3) is 5.91 Å². The van der Waals surface area contributed by atoms with Gasteiger partial charge in [0.15, 0.2) is 17.7 Å². The topological polar surface area (TPSA) is 80.9 Å². The van der Waals surface area contributed by atoms with Crippen molar-refractivity contribution in [1.82, 2.24) is 9.88 Å². The molecular formula is C15H22N4O3. The van der Waals surface area contributed by atoms with E-state index in [-0.39, 0.29) is 5.91 Å². The number of carbonyl (C=O) groups is 1. The molecular weight excluding hydrogens is 284 g/mol. The van der Waals surface area contributed by atoms with Gasteiger partial charge in [-0.1, -0.05) is 6.92 Å². The maximum Gasteiger partial charge on any atom is 0.269 e. The zero-order chi connectivity index (χ0) is 15.5. The van der Waals surface area contributed by atoms with E-state index >= 15 is 0 Å². The van der Waals surface area contributed by atoms with Crippen molar-refractivity contribution in [1.29, 1.82) is 0 Å². The first-order valence-electron chi connectivity index (χ1n) is 7.73. The minimum Gasteiger partial charge on any atom is -0.477 e. The lowest BCUT2D eigenvalue weighted by Crippen LogP contribution is -2.50. The fourth-order valence-electron chi connectivity index (χ4n) is 2.76. The Kier molecular flexibility index (Phi) is 4.44. The van der Waals surface area contributed by atoms with Gasteiger partial charge in [0.2, 0.25) is 0 Å². The third-order valence-electron chi connectivity index (χ3n) is 4.04. The van der Waals surface area contributed by atoms with E-state index in [0.29, 0.717) is 30.4 Å². The average molecular weight is 306 g/mol. The van der Waals surface area contributed by atoms with Crippen LogP contribution in [0.2, 0.25) is 0 Å². The van der Waals surface area contributed by atoms with Gasteiger partial charge in [-0.25, -0.2) is 4.98 Å². The Hall–Kier alpha value is -1.86. The monoisotopic (exact) mass is 306 g/mol. The van der Waals surface area contributed by atoms with Crippen LogP contribution < -0.4 is 15.4 Å². The van der Waals surface area contributed by atoms with Crippen LogP contribution in [0.1, 0.15) is 13.3 Å². The third kappa shape index (κ3) is 3.00. The van der Waals surface area contributed by atoms with Crippen molar-refractivity contribution in [2.75, 3.05) is 50.0 Å². The smallest absolute Gasteiger partial charge is 0.269 e. The molecule has 1 amide bonds. The number of rotatable bonds is 4. The van der Waals surface area contributed by atoms with Crippen LogP contribution in [0.25, 0.3) is 0 Å². The van der Waals surface area contributed by atoms with Gasteiger partial charge in [0.1, 0.15) is 5.82 Å². The Labute approximate surface area is 130 Å². The molecule has 1 saturated heterocycles. The number of nitrogens with two attached hydrogens (primary N) is 1. The van der Waals surface area contributed by atoms with Crippen molar-refractivity contribution in [3.63, 3.8) is 0 Å². The fourth-order valence-corrected chi connectivity index (χ4v) is 2.76. The maximum absolute atomic E-state index is 12.6. The van der Waals surface area contributed by atoms with Crippen molar-refractivity contribution >= 4 is 17.5 Å². The number of nitrogen functional groups attached to an aromatic ring is 1. The molecule has 3 heterocycles. The van der Waals surface area contributed by atoms with Gasteiger partial charge in [-0.3, -0.25) is 14.6 Å². The second-order valence-corrected chi connectivity index (χ2v) is 5.52. The molecule has 1 atom stereocenters. The van der Waals surface area contributed by atoms with Gasteiger partial charge in [-0.05, 0) is 18.6 Å². The number of carbonyl (C=O) groups excluding carboxylic acids is 1. The van der Waals surface area contributed by atoms with Crippen LogP contribution in [0.15, 0.2) is 12.1 Å². The van der Waals surface area contributed by atoms with Crippen molar-refractivity contribution in [2.45, 2.75) is 19.4 Å². The van der Waals surface area contributed by atoms with Crippen molar-refractivity contribution < 1.29 is 14.3 Å². The minimum atomic E-state index is -0.442. The summed E-state index contributed by atoms with van der Waals surface area (Å²) < 4.78 is 11.1. The van der Waals surface area contributed by atoms with E-state index in [1.54, 1.807) is 17.0 Å². The number of ether oxygens (including phenoxy) is 2. The number of fused-ring (bicyclic) bond motifs is 1. The van der Waals surface area contributed by atoms with E-state index in [0.717, 1.165) is 32.8 Å². The number of aromatic nitrogens is 1. The minimum absolute atomic E-state index is 0.0404. The molecule has 0 saturated carbocycles. The SMILES string of the molecule is CCC1Oc2ccc(N)nc2N(CCN2CCOCC2)C1=O. The van der Waals surface area contributed by atoms with Gasteiger partial charge in [-0.2, -0.15) is 0 Å². The van der Waals surface area contributed by atoms with Gasteiger partial charge in [-0.15, -0.1) is 0 Å². The number of amides is 1. The maximum atomic E-state index is 12.6. The predicted octanol–water partition coefficient (Wildman–Crippen LogP) is 0.500. The quantitative estimate of drug-likeness (QED) is 0.872. The summed E-state index contributed by atoms with van der Waals surface area (Å²) in [6.45, 7) is 6.61. The number of morpholine rings is 1. The van der Waals surface area contributed by atoms with E-state index < -0.39 is 6.10 Å². The molecule has 2 aliphatic rings. The van der Waals surface area contributed by atoms with Crippen LogP contribution in [0.3, 0.4) is 0 Å². The standard InChI is InChI=1S/C15H22N4O3/c1-2-11-15(20)19(6-5-18-7-9-21-10-8-18)14-12(22-11)3-4-13(16)17-14/h3-4,11H,2,5-10H2,1H3,(H2,16,17). The molecule has 22 heavy (non-hydrogen) atoms. The Bertz CT molecular complexity index is 546. The molecule has 2 N–H and O–H groups in total. The second kappa shape index (κ2) is 6.50. The van der Waals surface area contributed by atoms with Crippen molar-refractivity contribution in [2.24, 2.45) is 0 Å². The molecule has 3 rings (SSSR count). The largest absolute Gasteiger partial charge is 0.477 e. The van der Waals surface area contributed by atoms with E-state index in [1.165, 1.54) is 0 Å². The number of hydrogen-bond acceptors (Lipinski definition) is 6. The lowest BCUT2D eigenvalue weighted by molar-refractivity contribution is -0.126. The zero-order valence-corrected chi connectivity index (χ0v) is 12.8. The van der Waals surface area contributed by atoms with E-state index in [4.69, 9.17) is 15.2 Å². The number of anilines is 2. The Morgan fingerprint density at radius 1 is 1.32 bits per heavy atom. The van der Waals surface area contributed by atoms with Crippen molar-refractivity contribution in [3.05, 3.63) is 12.1 Å². The molecule has 120 valence electrons. The van der Waals surface area contributed by atoms with Gasteiger partial charge < -0.3 is 15.2 Å². The van der Waals surface area contributed by atoms with E-state index in [9.17, 15) is 4.79 Å². The fraction of sp³-hybridized carbons (Fsp3) is 0.600. The second-order valence-electron chi connectivity index (χ2n) is 5.52. The molecule has 0 bridgehead atoms. The molecule has 7 heteroatoms. The summed E-state index contributed by atoms with van der Waals surface area (Å²) in [6.07, 6.45) is 0.194. The highest BCUT2D eigenvalue weighted by Gasteiger charge is 2.34. The van der Waals surface area contributed by atoms with Crippen LogP contribution in [-0.4, -0.2) is 61.3 Å². The first-order valence-corrected chi connectivity index (χ1v) is 7.73. The summed E-state index contributed by atoms with van der Waals surface area (Å²) in [5.41, 5.74) is 5.76. The highest BCUT2D eigenvalue weighted by atomic mass is 16.5.